The van der Waals surface area contributed by atoms with Crippen molar-refractivity contribution in [2.75, 3.05) is 0 Å². The van der Waals surface area contributed by atoms with Crippen LogP contribution in [0.4, 0.5) is 0 Å². The quantitative estimate of drug-likeness (QED) is 0.653. The predicted molar refractivity (Wildman–Crippen MR) is 80.9 cm³/mol. The molecule has 1 heterocycles. The van der Waals surface area contributed by atoms with E-state index in [1.807, 2.05) is 0 Å². The number of hydrazone groups is 1. The summed E-state index contributed by atoms with van der Waals surface area (Å²) in [6, 6.07) is 8.19. The first-order chi connectivity index (χ1) is 9.06. The van der Waals surface area contributed by atoms with Crippen molar-refractivity contribution in [2.45, 2.75) is 0 Å². The van der Waals surface area contributed by atoms with Crippen LogP contribution < -0.4 is 5.43 Å². The molecule has 2 rings (SSSR count). The van der Waals surface area contributed by atoms with Gasteiger partial charge in [-0.25, -0.2) is 5.43 Å². The average molecular weight is 334 g/mol. The highest BCUT2D eigenvalue weighted by Gasteiger charge is 2.09. The number of benzene rings is 1. The van der Waals surface area contributed by atoms with Gasteiger partial charge in [0.25, 0.3) is 5.91 Å². The van der Waals surface area contributed by atoms with E-state index in [1.165, 1.54) is 29.7 Å². The first-order valence-corrected chi connectivity index (χ1v) is 7.05. The van der Waals surface area contributed by atoms with Crippen molar-refractivity contribution >= 4 is 58.3 Å². The van der Waals surface area contributed by atoms with E-state index >= 15 is 0 Å². The second-order valence-electron chi connectivity index (χ2n) is 3.47. The molecule has 98 valence electrons. The van der Waals surface area contributed by atoms with E-state index in [0.717, 1.165) is 4.88 Å². The van der Waals surface area contributed by atoms with Gasteiger partial charge in [0.05, 0.1) is 21.1 Å². The number of rotatable bonds is 3. The zero-order chi connectivity index (χ0) is 13.8. The minimum Gasteiger partial charge on any atom is -0.267 e. The van der Waals surface area contributed by atoms with Crippen molar-refractivity contribution in [1.82, 2.24) is 5.43 Å². The van der Waals surface area contributed by atoms with Crippen LogP contribution in [0.3, 0.4) is 0 Å². The Labute approximate surface area is 128 Å². The Kier molecular flexibility index (Phi) is 4.82. The third-order valence-corrected chi connectivity index (χ3v) is 3.84. The van der Waals surface area contributed by atoms with Gasteiger partial charge in [-0.1, -0.05) is 34.8 Å². The Morgan fingerprint density at radius 1 is 1.21 bits per heavy atom. The van der Waals surface area contributed by atoms with Gasteiger partial charge < -0.3 is 0 Å². The SMILES string of the molecule is O=C(NN=Cc1ccc(Cl)s1)c1ccc(Cl)cc1Cl. The molecule has 0 radical (unpaired) electrons. The van der Waals surface area contributed by atoms with Gasteiger partial charge in [0.1, 0.15) is 0 Å². The Morgan fingerprint density at radius 2 is 2.00 bits per heavy atom. The van der Waals surface area contributed by atoms with Gasteiger partial charge in [-0.05, 0) is 30.3 Å². The van der Waals surface area contributed by atoms with E-state index < -0.39 is 5.91 Å². The van der Waals surface area contributed by atoms with Crippen LogP contribution in [-0.4, -0.2) is 12.1 Å². The summed E-state index contributed by atoms with van der Waals surface area (Å²) in [6.07, 6.45) is 1.51. The molecule has 0 saturated heterocycles. The van der Waals surface area contributed by atoms with Crippen LogP contribution in [0.2, 0.25) is 14.4 Å². The van der Waals surface area contributed by atoms with Crippen molar-refractivity contribution in [2.24, 2.45) is 5.10 Å². The largest absolute Gasteiger partial charge is 0.272 e. The molecule has 3 nitrogen and oxygen atoms in total. The number of nitrogens with one attached hydrogen (secondary N) is 1. The summed E-state index contributed by atoms with van der Waals surface area (Å²) in [5.41, 5.74) is 2.70. The van der Waals surface area contributed by atoms with E-state index in [2.05, 4.69) is 10.5 Å². The summed E-state index contributed by atoms with van der Waals surface area (Å²) in [6.45, 7) is 0. The average Bonchev–Trinajstić information content (AvgIpc) is 2.75. The van der Waals surface area contributed by atoms with Crippen molar-refractivity contribution in [3.05, 3.63) is 55.2 Å². The van der Waals surface area contributed by atoms with E-state index in [0.29, 0.717) is 14.9 Å². The molecule has 1 aromatic heterocycles. The lowest BCUT2D eigenvalue weighted by atomic mass is 10.2. The summed E-state index contributed by atoms with van der Waals surface area (Å²) in [7, 11) is 0. The van der Waals surface area contributed by atoms with Gasteiger partial charge in [-0.3, -0.25) is 4.79 Å². The van der Waals surface area contributed by atoms with E-state index in [9.17, 15) is 4.79 Å². The maximum absolute atomic E-state index is 11.8. The van der Waals surface area contributed by atoms with Gasteiger partial charge >= 0.3 is 0 Å². The summed E-state index contributed by atoms with van der Waals surface area (Å²) < 4.78 is 0.661. The smallest absolute Gasteiger partial charge is 0.267 e. The standard InChI is InChI=1S/C12H7Cl3N2OS/c13-7-1-3-9(10(14)5-7)12(18)17-16-6-8-2-4-11(15)19-8/h1-6H,(H,17,18). The van der Waals surface area contributed by atoms with Crippen molar-refractivity contribution in [3.63, 3.8) is 0 Å². The van der Waals surface area contributed by atoms with Gasteiger partial charge in [0, 0.05) is 9.90 Å². The Hall–Kier alpha value is -1.07. The molecule has 0 aliphatic rings. The lowest BCUT2D eigenvalue weighted by Gasteiger charge is -2.02. The lowest BCUT2D eigenvalue weighted by Crippen LogP contribution is -2.17. The summed E-state index contributed by atoms with van der Waals surface area (Å²) in [5.74, 6) is -0.402. The van der Waals surface area contributed by atoms with Gasteiger partial charge in [0.15, 0.2) is 0 Å². The third kappa shape index (κ3) is 3.94. The van der Waals surface area contributed by atoms with Crippen LogP contribution in [0.1, 0.15) is 15.2 Å². The molecule has 7 heteroatoms. The number of carbonyl (C=O) groups excluding carboxylic acids is 1. The molecule has 0 fully saturated rings. The van der Waals surface area contributed by atoms with Crippen molar-refractivity contribution in [1.29, 1.82) is 0 Å². The fourth-order valence-corrected chi connectivity index (χ4v) is 2.71. The molecule has 0 unspecified atom stereocenters. The first kappa shape index (κ1) is 14.3. The molecule has 0 spiro atoms. The topological polar surface area (TPSA) is 41.5 Å². The van der Waals surface area contributed by atoms with Crippen molar-refractivity contribution < 1.29 is 4.79 Å². The summed E-state index contributed by atoms with van der Waals surface area (Å²) in [4.78, 5) is 12.6. The van der Waals surface area contributed by atoms with Crippen LogP contribution in [-0.2, 0) is 0 Å². The Balaban J connectivity index is 2.03. The van der Waals surface area contributed by atoms with Crippen LogP contribution in [0, 0.1) is 0 Å². The normalized spacial score (nSPS) is 10.9. The van der Waals surface area contributed by atoms with Crippen LogP contribution in [0.5, 0.6) is 0 Å². The van der Waals surface area contributed by atoms with E-state index in [4.69, 9.17) is 34.8 Å². The highest BCUT2D eigenvalue weighted by atomic mass is 35.5. The maximum atomic E-state index is 11.8. The third-order valence-electron chi connectivity index (χ3n) is 2.13. The molecule has 0 aliphatic carbocycles. The number of amides is 1. The number of hydrogen-bond acceptors (Lipinski definition) is 3. The second-order valence-corrected chi connectivity index (χ2v) is 6.06. The Bertz CT molecular complexity index is 640. The summed E-state index contributed by atoms with van der Waals surface area (Å²) >= 11 is 18.8. The van der Waals surface area contributed by atoms with Gasteiger partial charge in [-0.15, -0.1) is 11.3 Å². The molecule has 1 aromatic carbocycles. The summed E-state index contributed by atoms with van der Waals surface area (Å²) in [5, 5.41) is 4.58. The Morgan fingerprint density at radius 3 is 2.63 bits per heavy atom. The maximum Gasteiger partial charge on any atom is 0.272 e. The molecule has 1 amide bonds. The van der Waals surface area contributed by atoms with E-state index in [1.54, 1.807) is 18.2 Å². The molecule has 19 heavy (non-hydrogen) atoms. The highest BCUT2D eigenvalue weighted by Crippen LogP contribution is 2.21. The fraction of sp³-hybridized carbons (Fsp3) is 0. The molecule has 0 atom stereocenters. The molecule has 0 aliphatic heterocycles. The lowest BCUT2D eigenvalue weighted by molar-refractivity contribution is 0.0955. The molecule has 2 aromatic rings. The molecule has 0 saturated carbocycles. The minimum absolute atomic E-state index is 0.277. The molecular formula is C12H7Cl3N2OS. The minimum atomic E-state index is -0.402. The number of carbonyl (C=O) groups is 1. The fourth-order valence-electron chi connectivity index (χ4n) is 1.29. The van der Waals surface area contributed by atoms with Crippen LogP contribution >= 0.6 is 46.1 Å². The first-order valence-electron chi connectivity index (χ1n) is 5.10. The zero-order valence-corrected chi connectivity index (χ0v) is 12.4. The van der Waals surface area contributed by atoms with Crippen LogP contribution in [0.15, 0.2) is 35.4 Å². The van der Waals surface area contributed by atoms with Crippen molar-refractivity contribution in [3.8, 4) is 0 Å². The van der Waals surface area contributed by atoms with Gasteiger partial charge in [-0.2, -0.15) is 5.10 Å². The molecule has 1 N–H and O–H groups in total. The number of thiophene rings is 1. The monoisotopic (exact) mass is 332 g/mol. The molecule has 0 bridgehead atoms. The number of hydrogen-bond donors (Lipinski definition) is 1. The van der Waals surface area contributed by atoms with Gasteiger partial charge in [0.2, 0.25) is 0 Å². The van der Waals surface area contributed by atoms with E-state index in [-0.39, 0.29) is 5.02 Å². The predicted octanol–water partition coefficient (Wildman–Crippen LogP) is 4.47. The highest BCUT2D eigenvalue weighted by molar-refractivity contribution is 7.17. The zero-order valence-electron chi connectivity index (χ0n) is 9.36. The van der Waals surface area contributed by atoms with Crippen LogP contribution in [0.25, 0.3) is 0 Å². The molecular weight excluding hydrogens is 327 g/mol. The number of nitrogens with zero attached hydrogens (tertiary/aromatic N) is 1. The number of halogens is 3. The second kappa shape index (κ2) is 6.39.